The minimum absolute atomic E-state index is 0.0158. The van der Waals surface area contributed by atoms with E-state index in [1.165, 1.54) is 18.2 Å². The molecule has 6 heteroatoms. The lowest BCUT2D eigenvalue weighted by Gasteiger charge is -1.92. The van der Waals surface area contributed by atoms with Crippen molar-refractivity contribution in [3.05, 3.63) is 39.9 Å². The molecule has 16 heavy (non-hydrogen) atoms. The van der Waals surface area contributed by atoms with Crippen molar-refractivity contribution in [3.8, 4) is 11.8 Å². The molecule has 0 saturated carbocycles. The van der Waals surface area contributed by atoms with Crippen molar-refractivity contribution in [2.24, 2.45) is 0 Å². The van der Waals surface area contributed by atoms with Gasteiger partial charge in [-0.05, 0) is 6.07 Å². The smallest absolute Gasteiger partial charge is 0.405 e. The van der Waals surface area contributed by atoms with Crippen LogP contribution in [0.3, 0.4) is 0 Å². The van der Waals surface area contributed by atoms with Gasteiger partial charge in [-0.3, -0.25) is 10.1 Å². The van der Waals surface area contributed by atoms with Gasteiger partial charge in [0.2, 0.25) is 0 Å². The zero-order chi connectivity index (χ0) is 12.0. The predicted octanol–water partition coefficient (Wildman–Crippen LogP) is 1.21. The van der Waals surface area contributed by atoms with Crippen LogP contribution in [-0.4, -0.2) is 22.7 Å². The van der Waals surface area contributed by atoms with Gasteiger partial charge in [0.05, 0.1) is 11.5 Å². The van der Waals surface area contributed by atoms with Crippen LogP contribution in [0.5, 0.6) is 0 Å². The van der Waals surface area contributed by atoms with E-state index in [9.17, 15) is 14.9 Å². The third kappa shape index (κ3) is 3.67. The van der Waals surface area contributed by atoms with Gasteiger partial charge in [-0.1, -0.05) is 17.9 Å². The fraction of sp³-hybridized carbons (Fsp3) is 0.100. The lowest BCUT2D eigenvalue weighted by atomic mass is 10.2. The molecule has 0 atom stereocenters. The summed E-state index contributed by atoms with van der Waals surface area (Å²) in [6.07, 6.45) is -1.16. The normalized spacial score (nSPS) is 8.75. The molecule has 0 aliphatic rings. The number of nitro groups is 1. The number of non-ortho nitro benzene ring substituents is 1. The van der Waals surface area contributed by atoms with Crippen LogP contribution in [0.4, 0.5) is 10.5 Å². The summed E-state index contributed by atoms with van der Waals surface area (Å²) >= 11 is 0. The van der Waals surface area contributed by atoms with Crippen LogP contribution < -0.4 is 5.32 Å². The van der Waals surface area contributed by atoms with E-state index in [4.69, 9.17) is 5.11 Å². The topological polar surface area (TPSA) is 92.5 Å². The van der Waals surface area contributed by atoms with E-state index < -0.39 is 11.0 Å². The molecular formula is C10H8N2O4. The Kier molecular flexibility index (Phi) is 3.86. The summed E-state index contributed by atoms with van der Waals surface area (Å²) in [5.41, 5.74) is 0.430. The molecule has 0 aromatic heterocycles. The zero-order valence-electron chi connectivity index (χ0n) is 8.14. The highest BCUT2D eigenvalue weighted by atomic mass is 16.6. The van der Waals surface area contributed by atoms with Crippen molar-refractivity contribution in [2.75, 3.05) is 6.54 Å². The summed E-state index contributed by atoms with van der Waals surface area (Å²) in [4.78, 5) is 20.0. The molecule has 0 bridgehead atoms. The maximum atomic E-state index is 10.4. The molecule has 6 nitrogen and oxygen atoms in total. The number of nitrogens with one attached hydrogen (secondary N) is 1. The largest absolute Gasteiger partial charge is 0.465 e. The third-order valence-electron chi connectivity index (χ3n) is 1.62. The predicted molar refractivity (Wildman–Crippen MR) is 56.0 cm³/mol. The number of amides is 1. The Morgan fingerprint density at radius 3 is 2.94 bits per heavy atom. The lowest BCUT2D eigenvalue weighted by molar-refractivity contribution is -0.384. The summed E-state index contributed by atoms with van der Waals surface area (Å²) < 4.78 is 0. The van der Waals surface area contributed by atoms with Crippen LogP contribution in [0.2, 0.25) is 0 Å². The van der Waals surface area contributed by atoms with Gasteiger partial charge in [0, 0.05) is 17.7 Å². The Bertz CT molecular complexity index is 473. The molecule has 1 aromatic carbocycles. The Morgan fingerprint density at radius 1 is 1.56 bits per heavy atom. The molecule has 0 fully saturated rings. The van der Waals surface area contributed by atoms with Gasteiger partial charge < -0.3 is 10.4 Å². The van der Waals surface area contributed by atoms with Gasteiger partial charge in [-0.25, -0.2) is 4.79 Å². The first-order valence-electron chi connectivity index (χ1n) is 4.29. The minimum atomic E-state index is -1.16. The quantitative estimate of drug-likeness (QED) is 0.445. The van der Waals surface area contributed by atoms with E-state index in [2.05, 4.69) is 17.2 Å². The average Bonchev–Trinajstić information content (AvgIpc) is 2.24. The molecule has 1 rings (SSSR count). The summed E-state index contributed by atoms with van der Waals surface area (Å²) in [6, 6.07) is 5.82. The third-order valence-corrected chi connectivity index (χ3v) is 1.62. The van der Waals surface area contributed by atoms with Crippen molar-refractivity contribution in [1.82, 2.24) is 5.32 Å². The van der Waals surface area contributed by atoms with Crippen molar-refractivity contribution >= 4 is 11.8 Å². The summed E-state index contributed by atoms with van der Waals surface area (Å²) in [6.45, 7) is -0.0158. The summed E-state index contributed by atoms with van der Waals surface area (Å²) in [5, 5.41) is 20.8. The molecule has 0 radical (unpaired) electrons. The van der Waals surface area contributed by atoms with Gasteiger partial charge in [-0.15, -0.1) is 0 Å². The van der Waals surface area contributed by atoms with E-state index in [0.717, 1.165) is 0 Å². The average molecular weight is 220 g/mol. The highest BCUT2D eigenvalue weighted by molar-refractivity contribution is 5.64. The zero-order valence-corrected chi connectivity index (χ0v) is 8.14. The van der Waals surface area contributed by atoms with Crippen molar-refractivity contribution in [2.45, 2.75) is 0 Å². The Hall–Kier alpha value is -2.55. The second kappa shape index (κ2) is 5.36. The number of hydrogen-bond donors (Lipinski definition) is 2. The summed E-state index contributed by atoms with van der Waals surface area (Å²) in [7, 11) is 0. The number of nitro benzene ring substituents is 1. The van der Waals surface area contributed by atoms with Crippen molar-refractivity contribution in [3.63, 3.8) is 0 Å². The molecule has 0 aliphatic heterocycles. The monoisotopic (exact) mass is 220 g/mol. The Morgan fingerprint density at radius 2 is 2.31 bits per heavy atom. The number of rotatable bonds is 2. The molecule has 1 aromatic rings. The maximum Gasteiger partial charge on any atom is 0.405 e. The fourth-order valence-corrected chi connectivity index (χ4v) is 0.963. The molecule has 82 valence electrons. The molecule has 0 heterocycles. The van der Waals surface area contributed by atoms with Crippen LogP contribution in [0, 0.1) is 22.0 Å². The molecule has 0 unspecified atom stereocenters. The van der Waals surface area contributed by atoms with Crippen molar-refractivity contribution < 1.29 is 14.8 Å². The first kappa shape index (κ1) is 11.5. The summed E-state index contributed by atoms with van der Waals surface area (Å²) in [5.74, 6) is 5.15. The standard InChI is InChI=1S/C10H8N2O4/c13-10(14)11-6-2-4-8-3-1-5-9(7-8)12(15)16/h1,3,5,7,11H,6H2,(H,13,14). The number of benzene rings is 1. The number of hydrogen-bond acceptors (Lipinski definition) is 3. The van der Waals surface area contributed by atoms with E-state index >= 15 is 0 Å². The van der Waals surface area contributed by atoms with Gasteiger partial charge in [-0.2, -0.15) is 0 Å². The SMILES string of the molecule is O=C(O)NCC#Cc1cccc([N+](=O)[O-])c1. The molecule has 2 N–H and O–H groups in total. The Labute approximate surface area is 91.0 Å². The number of carbonyl (C=O) groups is 1. The first-order valence-corrected chi connectivity index (χ1v) is 4.29. The molecule has 0 aliphatic carbocycles. The van der Waals surface area contributed by atoms with Gasteiger partial charge in [0.25, 0.3) is 5.69 Å². The molecule has 0 saturated heterocycles. The van der Waals surface area contributed by atoms with Crippen LogP contribution in [0.15, 0.2) is 24.3 Å². The second-order valence-electron chi connectivity index (χ2n) is 2.77. The van der Waals surface area contributed by atoms with Crippen LogP contribution in [-0.2, 0) is 0 Å². The molecule has 0 spiro atoms. The molecular weight excluding hydrogens is 212 g/mol. The van der Waals surface area contributed by atoms with E-state index in [-0.39, 0.29) is 12.2 Å². The van der Waals surface area contributed by atoms with Crippen molar-refractivity contribution in [1.29, 1.82) is 0 Å². The number of nitrogens with zero attached hydrogens (tertiary/aromatic N) is 1. The van der Waals surface area contributed by atoms with Gasteiger partial charge >= 0.3 is 6.09 Å². The fourth-order valence-electron chi connectivity index (χ4n) is 0.963. The van der Waals surface area contributed by atoms with E-state index in [0.29, 0.717) is 5.56 Å². The van der Waals surface area contributed by atoms with Gasteiger partial charge in [0.1, 0.15) is 0 Å². The number of carboxylic acid groups (broad SMARTS) is 1. The highest BCUT2D eigenvalue weighted by Crippen LogP contribution is 2.11. The maximum absolute atomic E-state index is 10.4. The van der Waals surface area contributed by atoms with Crippen LogP contribution in [0.1, 0.15) is 5.56 Å². The van der Waals surface area contributed by atoms with E-state index in [1.54, 1.807) is 6.07 Å². The van der Waals surface area contributed by atoms with Gasteiger partial charge in [0.15, 0.2) is 0 Å². The van der Waals surface area contributed by atoms with E-state index in [1.807, 2.05) is 0 Å². The molecule has 1 amide bonds. The first-order chi connectivity index (χ1) is 7.59. The highest BCUT2D eigenvalue weighted by Gasteiger charge is 2.03. The second-order valence-corrected chi connectivity index (χ2v) is 2.77. The minimum Gasteiger partial charge on any atom is -0.465 e. The van der Waals surface area contributed by atoms with Crippen LogP contribution in [0.25, 0.3) is 0 Å². The Balaban J connectivity index is 2.70. The van der Waals surface area contributed by atoms with Crippen LogP contribution >= 0.6 is 0 Å². The lowest BCUT2D eigenvalue weighted by Crippen LogP contribution is -2.20.